The van der Waals surface area contributed by atoms with E-state index >= 15 is 0 Å². The zero-order valence-corrected chi connectivity index (χ0v) is 25.3. The van der Waals surface area contributed by atoms with Crippen molar-refractivity contribution in [2.75, 3.05) is 12.8 Å². The molecule has 0 saturated carbocycles. The standard InChI is InChI=1S/C9H12O3.C8H8O4.2C7H7NO4/c1-3-7-8(10)4-6(12-2)5-9(7)11;9-6-1-5(3-8(11)12)2-7(10)4-6;8-7(12)3-1-4(9)6(11)5(10)2-3;8-6-4(9)1-3(7(11)12)2-5(6)10/h4-5,10-11H,3H2,1-2H3;1-2,4,9-10H,3H2,(H,11,12);1-2,9-11H,(H2,8,12);1-2,9-10H,8H2,(H,11,12). The first kappa shape index (κ1) is 39.1. The second kappa shape index (κ2) is 17.5. The van der Waals surface area contributed by atoms with Crippen molar-refractivity contribution in [3.8, 4) is 57.5 Å². The number of nitrogens with two attached hydrogens (primary N) is 2. The number of primary amides is 1. The van der Waals surface area contributed by atoms with Gasteiger partial charge >= 0.3 is 11.9 Å². The average molecular weight is 675 g/mol. The Labute approximate surface area is 271 Å². The minimum absolute atomic E-state index is 0.0669. The van der Waals surface area contributed by atoms with E-state index in [0.29, 0.717) is 23.3 Å². The van der Waals surface area contributed by atoms with E-state index in [-0.39, 0.29) is 46.2 Å². The SMILES string of the molecule is CCc1c(O)cc(OC)cc1O.NC(=O)c1cc(O)c(O)c(O)c1.Nc1c(O)cc(C(=O)O)cc1O.O=C(O)Cc1cc(O)cc(O)c1. The van der Waals surface area contributed by atoms with E-state index < -0.39 is 46.6 Å². The highest BCUT2D eigenvalue weighted by atomic mass is 16.5. The molecule has 4 rings (SSSR count). The van der Waals surface area contributed by atoms with Gasteiger partial charge in [-0.15, -0.1) is 0 Å². The van der Waals surface area contributed by atoms with Gasteiger partial charge in [0.15, 0.2) is 17.2 Å². The van der Waals surface area contributed by atoms with Gasteiger partial charge in [-0.25, -0.2) is 4.79 Å². The van der Waals surface area contributed by atoms with Crippen LogP contribution in [0.2, 0.25) is 0 Å². The van der Waals surface area contributed by atoms with Gasteiger partial charge in [-0.3, -0.25) is 9.59 Å². The van der Waals surface area contributed by atoms with Gasteiger partial charge in [0.25, 0.3) is 0 Å². The van der Waals surface area contributed by atoms with Gasteiger partial charge in [-0.2, -0.15) is 0 Å². The fourth-order valence-electron chi connectivity index (χ4n) is 3.52. The number of phenols is 9. The predicted octanol–water partition coefficient (Wildman–Crippen LogP) is 2.67. The van der Waals surface area contributed by atoms with Gasteiger partial charge < -0.3 is 72.4 Å². The lowest BCUT2D eigenvalue weighted by Crippen LogP contribution is -2.10. The highest BCUT2D eigenvalue weighted by molar-refractivity contribution is 5.94. The molecular weight excluding hydrogens is 640 g/mol. The summed E-state index contributed by atoms with van der Waals surface area (Å²) in [5.41, 5.74) is 10.4. The molecule has 0 aliphatic heterocycles. The summed E-state index contributed by atoms with van der Waals surface area (Å²) in [6.45, 7) is 1.86. The van der Waals surface area contributed by atoms with Crippen molar-refractivity contribution in [3.63, 3.8) is 0 Å². The Balaban J connectivity index is 0.000000320. The Hall–Kier alpha value is -6.91. The number of ether oxygens (including phenoxy) is 1. The normalized spacial score (nSPS) is 9.71. The summed E-state index contributed by atoms with van der Waals surface area (Å²) in [7, 11) is 1.49. The van der Waals surface area contributed by atoms with Gasteiger partial charge in [0.2, 0.25) is 5.91 Å². The molecule has 17 nitrogen and oxygen atoms in total. The number of hydrogen-bond acceptors (Lipinski definition) is 14. The number of amides is 1. The summed E-state index contributed by atoms with van der Waals surface area (Å²) in [5.74, 6) is -5.38. The summed E-state index contributed by atoms with van der Waals surface area (Å²) < 4.78 is 4.86. The Morgan fingerprint density at radius 3 is 1.44 bits per heavy atom. The van der Waals surface area contributed by atoms with Crippen LogP contribution >= 0.6 is 0 Å². The second-order valence-electron chi connectivity index (χ2n) is 9.39. The van der Waals surface area contributed by atoms with E-state index in [1.807, 2.05) is 6.92 Å². The van der Waals surface area contributed by atoms with Crippen LogP contribution in [0.5, 0.6) is 57.5 Å². The summed E-state index contributed by atoms with van der Waals surface area (Å²) in [6.07, 6.45) is 0.392. The van der Waals surface area contributed by atoms with Crippen LogP contribution in [-0.2, 0) is 17.6 Å². The lowest BCUT2D eigenvalue weighted by atomic mass is 10.1. The Bertz CT molecular complexity index is 1620. The van der Waals surface area contributed by atoms with Crippen molar-refractivity contribution < 1.29 is 75.3 Å². The van der Waals surface area contributed by atoms with Gasteiger partial charge in [-0.05, 0) is 48.4 Å². The van der Waals surface area contributed by atoms with Crippen LogP contribution in [0, 0.1) is 0 Å². The molecule has 0 radical (unpaired) electrons. The second-order valence-corrected chi connectivity index (χ2v) is 9.39. The topological polar surface area (TPSA) is 335 Å². The predicted molar refractivity (Wildman–Crippen MR) is 168 cm³/mol. The van der Waals surface area contributed by atoms with E-state index in [4.69, 9.17) is 62.2 Å². The number of carboxylic acids is 2. The van der Waals surface area contributed by atoms with Crippen molar-refractivity contribution >= 4 is 23.5 Å². The number of aliphatic carboxylic acids is 1. The van der Waals surface area contributed by atoms with Crippen molar-refractivity contribution in [3.05, 3.63) is 76.9 Å². The number of aromatic hydroxyl groups is 9. The molecule has 0 atom stereocenters. The van der Waals surface area contributed by atoms with Crippen molar-refractivity contribution in [1.82, 2.24) is 0 Å². The summed E-state index contributed by atoms with van der Waals surface area (Å²) in [4.78, 5) is 31.1. The third kappa shape index (κ3) is 11.9. The highest BCUT2D eigenvalue weighted by Gasteiger charge is 2.12. The molecule has 48 heavy (non-hydrogen) atoms. The lowest BCUT2D eigenvalue weighted by molar-refractivity contribution is -0.136. The number of carbonyl (C=O) groups excluding carboxylic acids is 1. The molecule has 4 aromatic rings. The number of anilines is 1. The molecule has 0 saturated heterocycles. The van der Waals surface area contributed by atoms with Crippen LogP contribution in [0.1, 0.15) is 38.8 Å². The van der Waals surface area contributed by atoms with Crippen LogP contribution in [0.4, 0.5) is 5.69 Å². The Morgan fingerprint density at radius 2 is 1.08 bits per heavy atom. The van der Waals surface area contributed by atoms with Gasteiger partial charge in [0.05, 0.1) is 19.1 Å². The maximum Gasteiger partial charge on any atom is 0.335 e. The quantitative estimate of drug-likeness (QED) is 0.103. The molecule has 4 aromatic carbocycles. The van der Waals surface area contributed by atoms with E-state index in [0.717, 1.165) is 30.3 Å². The van der Waals surface area contributed by atoms with E-state index in [9.17, 15) is 24.6 Å². The molecule has 0 spiro atoms. The molecule has 258 valence electrons. The number of aromatic carboxylic acids is 1. The Kier molecular flexibility index (Phi) is 14.3. The molecule has 0 heterocycles. The molecule has 17 heteroatoms. The first-order valence-corrected chi connectivity index (χ1v) is 13.2. The van der Waals surface area contributed by atoms with Crippen molar-refractivity contribution in [2.24, 2.45) is 5.73 Å². The smallest absolute Gasteiger partial charge is 0.335 e. The maximum atomic E-state index is 10.5. The summed E-state index contributed by atoms with van der Waals surface area (Å²) in [6, 6.07) is 10.6. The Morgan fingerprint density at radius 1 is 0.646 bits per heavy atom. The first-order valence-electron chi connectivity index (χ1n) is 13.2. The van der Waals surface area contributed by atoms with Crippen LogP contribution in [0.15, 0.2) is 54.6 Å². The number of methoxy groups -OCH3 is 1. The van der Waals surface area contributed by atoms with Crippen LogP contribution in [0.25, 0.3) is 0 Å². The zero-order chi connectivity index (χ0) is 36.9. The van der Waals surface area contributed by atoms with Gasteiger partial charge in [0, 0.05) is 29.3 Å². The molecular formula is C31H34N2O15. The highest BCUT2D eigenvalue weighted by Crippen LogP contribution is 2.35. The summed E-state index contributed by atoms with van der Waals surface area (Å²) in [5, 5.41) is 98.1. The maximum absolute atomic E-state index is 10.5. The molecule has 1 amide bonds. The summed E-state index contributed by atoms with van der Waals surface area (Å²) >= 11 is 0. The largest absolute Gasteiger partial charge is 0.508 e. The average Bonchev–Trinajstić information content (AvgIpc) is 2.98. The van der Waals surface area contributed by atoms with E-state index in [1.54, 1.807) is 0 Å². The molecule has 0 unspecified atom stereocenters. The third-order valence-corrected chi connectivity index (χ3v) is 5.82. The molecule has 15 N–H and O–H groups in total. The van der Waals surface area contributed by atoms with E-state index in [1.165, 1.54) is 31.4 Å². The number of benzene rings is 4. The number of carboxylic acid groups (broad SMARTS) is 2. The monoisotopic (exact) mass is 674 g/mol. The van der Waals surface area contributed by atoms with E-state index in [2.05, 4.69) is 0 Å². The molecule has 0 aliphatic rings. The van der Waals surface area contributed by atoms with Crippen molar-refractivity contribution in [2.45, 2.75) is 19.8 Å². The van der Waals surface area contributed by atoms with Crippen LogP contribution in [-0.4, -0.2) is 81.1 Å². The lowest BCUT2D eigenvalue weighted by Gasteiger charge is -2.06. The van der Waals surface area contributed by atoms with Crippen LogP contribution < -0.4 is 16.2 Å². The minimum atomic E-state index is -1.24. The molecule has 0 aliphatic carbocycles. The molecule has 0 aromatic heterocycles. The zero-order valence-electron chi connectivity index (χ0n) is 25.3. The van der Waals surface area contributed by atoms with Crippen molar-refractivity contribution in [1.29, 1.82) is 0 Å². The number of nitrogen functional groups attached to an aromatic ring is 1. The fraction of sp³-hybridized carbons (Fsp3) is 0.129. The first-order chi connectivity index (χ1) is 22.3. The fourth-order valence-corrected chi connectivity index (χ4v) is 3.52. The van der Waals surface area contributed by atoms with Crippen LogP contribution in [0.3, 0.4) is 0 Å². The van der Waals surface area contributed by atoms with Gasteiger partial charge in [0.1, 0.15) is 45.9 Å². The minimum Gasteiger partial charge on any atom is -0.508 e. The number of rotatable bonds is 6. The molecule has 0 fully saturated rings. The third-order valence-electron chi connectivity index (χ3n) is 5.82. The number of carbonyl (C=O) groups is 3. The molecule has 0 bridgehead atoms. The number of phenolic OH excluding ortho intramolecular Hbond substituents is 9. The number of hydrogen-bond donors (Lipinski definition) is 13. The van der Waals surface area contributed by atoms with Gasteiger partial charge in [-0.1, -0.05) is 6.92 Å².